The summed E-state index contributed by atoms with van der Waals surface area (Å²) in [6.45, 7) is 0.753. The highest BCUT2D eigenvalue weighted by atomic mass is 35.5. The molecule has 1 amide bonds. The third kappa shape index (κ3) is 4.54. The highest BCUT2D eigenvalue weighted by Gasteiger charge is 2.09. The second kappa shape index (κ2) is 8.21. The molecule has 3 rings (SSSR count). The summed E-state index contributed by atoms with van der Waals surface area (Å²) in [5.41, 5.74) is 2.25. The summed E-state index contributed by atoms with van der Waals surface area (Å²) in [6.07, 6.45) is 1.63. The quantitative estimate of drug-likeness (QED) is 0.649. The maximum absolute atomic E-state index is 12.3. The first-order valence-corrected chi connectivity index (χ1v) is 8.76. The second-order valence-corrected chi connectivity index (χ2v) is 6.64. The molecule has 1 heterocycles. The minimum absolute atomic E-state index is 0.268. The molecule has 1 N–H and O–H groups in total. The summed E-state index contributed by atoms with van der Waals surface area (Å²) in [4.78, 5) is 18.7. The predicted octanol–water partition coefficient (Wildman–Crippen LogP) is 5.28. The molecule has 0 bridgehead atoms. The van der Waals surface area contributed by atoms with Crippen molar-refractivity contribution >= 4 is 40.6 Å². The molecule has 0 saturated heterocycles. The Morgan fingerprint density at radius 2 is 1.81 bits per heavy atom. The minimum Gasteiger partial charge on any atom is -0.355 e. The van der Waals surface area contributed by atoms with Crippen LogP contribution in [0.1, 0.15) is 15.9 Å². The van der Waals surface area contributed by atoms with Crippen LogP contribution in [0.15, 0.2) is 66.9 Å². The van der Waals surface area contributed by atoms with Crippen LogP contribution in [0.4, 0.5) is 11.5 Å². The molecule has 0 saturated carbocycles. The number of hydrogen-bond donors (Lipinski definition) is 1. The summed E-state index contributed by atoms with van der Waals surface area (Å²) in [5.74, 6) is 0.553. The monoisotopic (exact) mass is 385 g/mol. The number of carbonyl (C=O) groups excluding carboxylic acids is 1. The molecule has 0 aliphatic heterocycles. The van der Waals surface area contributed by atoms with Gasteiger partial charge in [-0.3, -0.25) is 4.79 Å². The molecule has 0 atom stereocenters. The zero-order valence-electron chi connectivity index (χ0n) is 14.1. The van der Waals surface area contributed by atoms with Crippen molar-refractivity contribution in [2.45, 2.75) is 6.54 Å². The Kier molecular flexibility index (Phi) is 5.76. The van der Waals surface area contributed by atoms with Gasteiger partial charge in [-0.15, -0.1) is 0 Å². The van der Waals surface area contributed by atoms with Crippen LogP contribution in [0.25, 0.3) is 0 Å². The van der Waals surface area contributed by atoms with Crippen molar-refractivity contribution in [1.82, 2.24) is 4.98 Å². The number of anilines is 2. The van der Waals surface area contributed by atoms with E-state index >= 15 is 0 Å². The standard InChI is InChI=1S/C20H17Cl2N3O/c1-25(13-14-5-3-2-4-6-14)19-10-8-16(12-23-19)24-20(26)15-7-9-17(21)18(22)11-15/h2-12H,13H2,1H3,(H,24,26). The zero-order chi connectivity index (χ0) is 18.5. The van der Waals surface area contributed by atoms with Crippen LogP contribution in [-0.4, -0.2) is 17.9 Å². The Morgan fingerprint density at radius 3 is 2.46 bits per heavy atom. The molecule has 132 valence electrons. The van der Waals surface area contributed by atoms with Gasteiger partial charge in [-0.05, 0) is 35.9 Å². The Morgan fingerprint density at radius 1 is 1.04 bits per heavy atom. The van der Waals surface area contributed by atoms with E-state index in [4.69, 9.17) is 23.2 Å². The average molecular weight is 386 g/mol. The SMILES string of the molecule is CN(Cc1ccccc1)c1ccc(NC(=O)c2ccc(Cl)c(Cl)c2)cn1. The average Bonchev–Trinajstić information content (AvgIpc) is 2.65. The smallest absolute Gasteiger partial charge is 0.255 e. The molecule has 3 aromatic rings. The first kappa shape index (κ1) is 18.2. The van der Waals surface area contributed by atoms with Gasteiger partial charge < -0.3 is 10.2 Å². The summed E-state index contributed by atoms with van der Waals surface area (Å²) in [6, 6.07) is 18.6. The fourth-order valence-corrected chi connectivity index (χ4v) is 2.76. The molecule has 2 aromatic carbocycles. The lowest BCUT2D eigenvalue weighted by atomic mass is 10.2. The normalized spacial score (nSPS) is 10.4. The number of amides is 1. The third-order valence-corrected chi connectivity index (χ3v) is 4.58. The molecule has 0 radical (unpaired) electrons. The maximum Gasteiger partial charge on any atom is 0.255 e. The van der Waals surface area contributed by atoms with E-state index in [1.165, 1.54) is 11.6 Å². The van der Waals surface area contributed by atoms with Gasteiger partial charge in [-0.2, -0.15) is 0 Å². The van der Waals surface area contributed by atoms with E-state index in [1.54, 1.807) is 18.3 Å². The number of nitrogens with zero attached hydrogens (tertiary/aromatic N) is 2. The van der Waals surface area contributed by atoms with Crippen LogP contribution < -0.4 is 10.2 Å². The molecule has 0 spiro atoms. The van der Waals surface area contributed by atoms with Crippen LogP contribution in [0.5, 0.6) is 0 Å². The van der Waals surface area contributed by atoms with Crippen LogP contribution in [-0.2, 0) is 6.54 Å². The Bertz CT molecular complexity index is 899. The number of aromatic nitrogens is 1. The van der Waals surface area contributed by atoms with Crippen molar-refractivity contribution in [1.29, 1.82) is 0 Å². The van der Waals surface area contributed by atoms with E-state index in [2.05, 4.69) is 22.4 Å². The van der Waals surface area contributed by atoms with Crippen molar-refractivity contribution in [2.24, 2.45) is 0 Å². The number of carbonyl (C=O) groups is 1. The number of benzene rings is 2. The van der Waals surface area contributed by atoms with E-state index in [0.717, 1.165) is 12.4 Å². The molecular weight excluding hydrogens is 369 g/mol. The Hall–Kier alpha value is -2.56. The van der Waals surface area contributed by atoms with Crippen LogP contribution in [0, 0.1) is 0 Å². The van der Waals surface area contributed by atoms with Crippen molar-refractivity contribution < 1.29 is 4.79 Å². The van der Waals surface area contributed by atoms with E-state index in [9.17, 15) is 4.79 Å². The molecule has 0 fully saturated rings. The minimum atomic E-state index is -0.268. The predicted molar refractivity (Wildman–Crippen MR) is 107 cm³/mol. The second-order valence-electron chi connectivity index (χ2n) is 5.83. The van der Waals surface area contributed by atoms with E-state index < -0.39 is 0 Å². The molecular formula is C20H17Cl2N3O. The van der Waals surface area contributed by atoms with Crippen LogP contribution >= 0.6 is 23.2 Å². The number of pyridine rings is 1. The fraction of sp³-hybridized carbons (Fsp3) is 0.100. The molecule has 26 heavy (non-hydrogen) atoms. The van der Waals surface area contributed by atoms with Gasteiger partial charge in [0.2, 0.25) is 0 Å². The molecule has 0 unspecified atom stereocenters. The van der Waals surface area contributed by atoms with Gasteiger partial charge in [-0.1, -0.05) is 53.5 Å². The van der Waals surface area contributed by atoms with Gasteiger partial charge in [0.1, 0.15) is 5.82 Å². The van der Waals surface area contributed by atoms with Crippen LogP contribution in [0.3, 0.4) is 0 Å². The van der Waals surface area contributed by atoms with E-state index in [-0.39, 0.29) is 5.91 Å². The third-order valence-electron chi connectivity index (χ3n) is 3.84. The number of halogens is 2. The van der Waals surface area contributed by atoms with Gasteiger partial charge in [0.05, 0.1) is 21.9 Å². The van der Waals surface area contributed by atoms with Crippen molar-refractivity contribution in [3.8, 4) is 0 Å². The first-order valence-electron chi connectivity index (χ1n) is 8.00. The lowest BCUT2D eigenvalue weighted by Gasteiger charge is -2.18. The van der Waals surface area contributed by atoms with Crippen LogP contribution in [0.2, 0.25) is 10.0 Å². The molecule has 6 heteroatoms. The highest BCUT2D eigenvalue weighted by Crippen LogP contribution is 2.23. The number of hydrogen-bond acceptors (Lipinski definition) is 3. The summed E-state index contributed by atoms with van der Waals surface area (Å²) in [5, 5.41) is 3.55. The summed E-state index contributed by atoms with van der Waals surface area (Å²) >= 11 is 11.8. The van der Waals surface area contributed by atoms with Gasteiger partial charge >= 0.3 is 0 Å². The fourth-order valence-electron chi connectivity index (χ4n) is 2.46. The molecule has 4 nitrogen and oxygen atoms in total. The van der Waals surface area contributed by atoms with E-state index in [0.29, 0.717) is 21.3 Å². The van der Waals surface area contributed by atoms with Crippen molar-refractivity contribution in [2.75, 3.05) is 17.3 Å². The van der Waals surface area contributed by atoms with Gasteiger partial charge in [-0.25, -0.2) is 4.98 Å². The largest absolute Gasteiger partial charge is 0.355 e. The summed E-state index contributed by atoms with van der Waals surface area (Å²) < 4.78 is 0. The number of nitrogens with one attached hydrogen (secondary N) is 1. The van der Waals surface area contributed by atoms with Crippen molar-refractivity contribution in [3.63, 3.8) is 0 Å². The lowest BCUT2D eigenvalue weighted by molar-refractivity contribution is 0.102. The van der Waals surface area contributed by atoms with Gasteiger partial charge in [0.15, 0.2) is 0 Å². The molecule has 1 aromatic heterocycles. The van der Waals surface area contributed by atoms with Gasteiger partial charge in [0.25, 0.3) is 5.91 Å². The molecule has 0 aliphatic rings. The zero-order valence-corrected chi connectivity index (χ0v) is 15.6. The topological polar surface area (TPSA) is 45.2 Å². The number of rotatable bonds is 5. The summed E-state index contributed by atoms with van der Waals surface area (Å²) in [7, 11) is 1.98. The lowest BCUT2D eigenvalue weighted by Crippen LogP contribution is -2.18. The van der Waals surface area contributed by atoms with E-state index in [1.807, 2.05) is 42.3 Å². The van der Waals surface area contributed by atoms with Gasteiger partial charge in [0, 0.05) is 19.2 Å². The van der Waals surface area contributed by atoms with Crippen molar-refractivity contribution in [3.05, 3.63) is 88.0 Å². The Balaban J connectivity index is 1.65. The first-order chi connectivity index (χ1) is 12.5. The maximum atomic E-state index is 12.3. The highest BCUT2D eigenvalue weighted by molar-refractivity contribution is 6.42. The molecule has 0 aliphatic carbocycles. The Labute approximate surface area is 162 Å².